The standard InChI is InChI=1S/C35H35N5O4S/c1-4-23-12-8-10-16-27(23)37-30(41)20-39-33(43)28(38-35(39)44)19-24-18-21(2)40(22(24)3)34-31(26-15-9-11-17-29(26)45-34)32(42)36-25-13-6-5-7-14-25/h5-8,10,12-14,16,18-19H,4,9,11,15,17,20H2,1-3H3,(H,36,42)(H,37,41)(H,38,44)/b28-19+. The van der Waals surface area contributed by atoms with Crippen molar-refractivity contribution >= 4 is 52.5 Å². The van der Waals surface area contributed by atoms with E-state index < -0.39 is 24.4 Å². The number of hydrogen-bond acceptors (Lipinski definition) is 5. The molecule has 1 aliphatic heterocycles. The maximum Gasteiger partial charge on any atom is 0.329 e. The van der Waals surface area contributed by atoms with Gasteiger partial charge in [-0.1, -0.05) is 43.3 Å². The summed E-state index contributed by atoms with van der Waals surface area (Å²) < 4.78 is 2.06. The zero-order valence-corrected chi connectivity index (χ0v) is 26.3. The van der Waals surface area contributed by atoms with Crippen molar-refractivity contribution in [3.05, 3.63) is 105 Å². The molecule has 1 aliphatic carbocycles. The molecule has 3 heterocycles. The highest BCUT2D eigenvalue weighted by molar-refractivity contribution is 7.15. The number of benzene rings is 2. The van der Waals surface area contributed by atoms with E-state index in [4.69, 9.17) is 0 Å². The fraction of sp³-hybridized carbons (Fsp3) is 0.257. The van der Waals surface area contributed by atoms with E-state index in [-0.39, 0.29) is 11.6 Å². The van der Waals surface area contributed by atoms with Crippen molar-refractivity contribution < 1.29 is 19.2 Å². The molecule has 230 valence electrons. The van der Waals surface area contributed by atoms with E-state index in [2.05, 4.69) is 20.5 Å². The van der Waals surface area contributed by atoms with Gasteiger partial charge >= 0.3 is 6.03 Å². The third-order valence-electron chi connectivity index (χ3n) is 8.32. The SMILES string of the molecule is CCc1ccccc1NC(=O)CN1C(=O)N/C(=C/c2cc(C)n(-c3sc4c(c3C(=O)Nc3ccccc3)CCCC4)c2C)C1=O. The van der Waals surface area contributed by atoms with E-state index in [0.717, 1.165) is 75.8 Å². The Bertz CT molecular complexity index is 1850. The van der Waals surface area contributed by atoms with Gasteiger partial charge in [-0.3, -0.25) is 14.4 Å². The largest absolute Gasteiger partial charge is 0.329 e. The number of hydrogen-bond donors (Lipinski definition) is 3. The molecule has 1 fully saturated rings. The van der Waals surface area contributed by atoms with Gasteiger partial charge in [-0.25, -0.2) is 9.69 Å². The molecule has 0 saturated carbocycles. The Morgan fingerprint density at radius 1 is 0.978 bits per heavy atom. The number of carbonyl (C=O) groups excluding carboxylic acids is 4. The van der Waals surface area contributed by atoms with Gasteiger partial charge in [-0.2, -0.15) is 0 Å². The first kappa shape index (κ1) is 30.1. The Hall–Kier alpha value is -4.96. The summed E-state index contributed by atoms with van der Waals surface area (Å²) in [5, 5.41) is 9.37. The molecule has 1 saturated heterocycles. The van der Waals surface area contributed by atoms with Crippen molar-refractivity contribution in [2.45, 2.75) is 52.9 Å². The number of nitrogens with zero attached hydrogens (tertiary/aromatic N) is 2. The first-order valence-corrected chi connectivity index (χ1v) is 16.0. The van der Waals surface area contributed by atoms with E-state index in [1.54, 1.807) is 23.5 Å². The topological polar surface area (TPSA) is 113 Å². The van der Waals surface area contributed by atoms with Crippen molar-refractivity contribution in [1.82, 2.24) is 14.8 Å². The van der Waals surface area contributed by atoms with Crippen LogP contribution in [-0.2, 0) is 28.9 Å². The molecule has 0 unspecified atom stereocenters. The predicted octanol–water partition coefficient (Wildman–Crippen LogP) is 6.38. The number of urea groups is 1. The number of thiophene rings is 1. The molecule has 0 spiro atoms. The number of para-hydroxylation sites is 2. The molecule has 45 heavy (non-hydrogen) atoms. The van der Waals surface area contributed by atoms with Crippen molar-refractivity contribution in [3.63, 3.8) is 0 Å². The fourth-order valence-electron chi connectivity index (χ4n) is 6.06. The number of amides is 5. The molecule has 2 aromatic carbocycles. The van der Waals surface area contributed by atoms with Gasteiger partial charge in [-0.15, -0.1) is 11.3 Å². The molecule has 10 heteroatoms. The van der Waals surface area contributed by atoms with Crippen molar-refractivity contribution in [1.29, 1.82) is 0 Å². The lowest BCUT2D eigenvalue weighted by molar-refractivity contribution is -0.127. The summed E-state index contributed by atoms with van der Waals surface area (Å²) in [5.74, 6) is -1.17. The van der Waals surface area contributed by atoms with Crippen LogP contribution < -0.4 is 16.0 Å². The smallest absolute Gasteiger partial charge is 0.324 e. The summed E-state index contributed by atoms with van der Waals surface area (Å²) in [7, 11) is 0. The van der Waals surface area contributed by atoms with Gasteiger partial charge in [0.2, 0.25) is 5.91 Å². The van der Waals surface area contributed by atoms with E-state index >= 15 is 0 Å². The molecule has 6 rings (SSSR count). The van der Waals surface area contributed by atoms with Crippen LogP contribution in [0.5, 0.6) is 0 Å². The number of imide groups is 1. The third kappa shape index (κ3) is 5.93. The molecule has 0 atom stereocenters. The molecule has 2 aromatic heterocycles. The summed E-state index contributed by atoms with van der Waals surface area (Å²) >= 11 is 1.64. The van der Waals surface area contributed by atoms with Crippen LogP contribution in [0.4, 0.5) is 16.2 Å². The minimum absolute atomic E-state index is 0.0922. The van der Waals surface area contributed by atoms with Gasteiger partial charge in [0.15, 0.2) is 0 Å². The normalized spacial score (nSPS) is 15.3. The second kappa shape index (κ2) is 12.6. The quantitative estimate of drug-likeness (QED) is 0.157. The number of anilines is 2. The van der Waals surface area contributed by atoms with Gasteiger partial charge in [0, 0.05) is 27.6 Å². The number of fused-ring (bicyclic) bond motifs is 1. The predicted molar refractivity (Wildman–Crippen MR) is 177 cm³/mol. The second-order valence-electron chi connectivity index (χ2n) is 11.3. The minimum atomic E-state index is -0.648. The Morgan fingerprint density at radius 2 is 1.71 bits per heavy atom. The number of carbonyl (C=O) groups is 4. The number of aromatic nitrogens is 1. The van der Waals surface area contributed by atoms with Gasteiger partial charge in [0.1, 0.15) is 17.2 Å². The van der Waals surface area contributed by atoms with Crippen LogP contribution >= 0.6 is 11.3 Å². The number of rotatable bonds is 8. The molecule has 4 aromatic rings. The zero-order chi connectivity index (χ0) is 31.7. The van der Waals surface area contributed by atoms with Crippen LogP contribution in [0.1, 0.15) is 63.1 Å². The highest BCUT2D eigenvalue weighted by Gasteiger charge is 2.35. The number of aryl methyl sites for hydroxylation is 3. The van der Waals surface area contributed by atoms with Crippen molar-refractivity contribution in [3.8, 4) is 5.00 Å². The lowest BCUT2D eigenvalue weighted by Gasteiger charge is -2.14. The molecule has 9 nitrogen and oxygen atoms in total. The molecule has 2 aliphatic rings. The maximum absolute atomic E-state index is 13.7. The lowest BCUT2D eigenvalue weighted by atomic mass is 9.95. The Morgan fingerprint density at radius 3 is 2.49 bits per heavy atom. The van der Waals surface area contributed by atoms with E-state index in [9.17, 15) is 19.2 Å². The lowest BCUT2D eigenvalue weighted by Crippen LogP contribution is -2.38. The van der Waals surface area contributed by atoms with Crippen LogP contribution in [0.15, 0.2) is 66.4 Å². The molecule has 0 radical (unpaired) electrons. The van der Waals surface area contributed by atoms with Gasteiger partial charge < -0.3 is 20.5 Å². The van der Waals surface area contributed by atoms with Crippen LogP contribution in [-0.4, -0.2) is 39.8 Å². The first-order chi connectivity index (χ1) is 21.7. The van der Waals surface area contributed by atoms with E-state index in [1.165, 1.54) is 4.88 Å². The summed E-state index contributed by atoms with van der Waals surface area (Å²) in [6.45, 7) is 5.49. The van der Waals surface area contributed by atoms with Crippen molar-refractivity contribution in [2.24, 2.45) is 0 Å². The monoisotopic (exact) mass is 621 g/mol. The average molecular weight is 622 g/mol. The zero-order valence-electron chi connectivity index (χ0n) is 25.5. The Balaban J connectivity index is 1.27. The minimum Gasteiger partial charge on any atom is -0.324 e. The summed E-state index contributed by atoms with van der Waals surface area (Å²) in [4.78, 5) is 54.8. The second-order valence-corrected chi connectivity index (χ2v) is 12.4. The average Bonchev–Trinajstić information content (AvgIpc) is 3.63. The number of nitrogens with one attached hydrogen (secondary N) is 3. The Labute approximate surface area is 265 Å². The maximum atomic E-state index is 13.7. The van der Waals surface area contributed by atoms with E-state index in [0.29, 0.717) is 11.3 Å². The third-order valence-corrected chi connectivity index (χ3v) is 9.60. The highest BCUT2D eigenvalue weighted by Crippen LogP contribution is 2.39. The van der Waals surface area contributed by atoms with Crippen LogP contribution in [0.3, 0.4) is 0 Å². The summed E-state index contributed by atoms with van der Waals surface area (Å²) in [5.41, 5.74) is 6.71. The Kier molecular flexibility index (Phi) is 8.40. The van der Waals surface area contributed by atoms with Gasteiger partial charge in [-0.05, 0) is 93.0 Å². The van der Waals surface area contributed by atoms with Crippen LogP contribution in [0.2, 0.25) is 0 Å². The van der Waals surface area contributed by atoms with Crippen LogP contribution in [0.25, 0.3) is 11.1 Å². The first-order valence-electron chi connectivity index (χ1n) is 15.2. The molecular formula is C35H35N5O4S. The molecule has 0 bridgehead atoms. The van der Waals surface area contributed by atoms with Gasteiger partial charge in [0.25, 0.3) is 11.8 Å². The summed E-state index contributed by atoms with van der Waals surface area (Å²) in [6.07, 6.45) is 6.30. The molecule has 5 amide bonds. The van der Waals surface area contributed by atoms with E-state index in [1.807, 2.05) is 75.4 Å². The van der Waals surface area contributed by atoms with Gasteiger partial charge in [0.05, 0.1) is 5.56 Å². The summed E-state index contributed by atoms with van der Waals surface area (Å²) in [6, 6.07) is 18.2. The van der Waals surface area contributed by atoms with Crippen molar-refractivity contribution in [2.75, 3.05) is 17.2 Å². The fourth-order valence-corrected chi connectivity index (χ4v) is 7.56. The van der Waals surface area contributed by atoms with Crippen LogP contribution in [0, 0.1) is 13.8 Å². The molecule has 3 N–H and O–H groups in total. The highest BCUT2D eigenvalue weighted by atomic mass is 32.1. The molecular weight excluding hydrogens is 586 g/mol.